The molecule has 0 aromatic heterocycles. The molecule has 5 heteroatoms. The number of aryl methyl sites for hydroxylation is 1. The van der Waals surface area contributed by atoms with Gasteiger partial charge < -0.3 is 8.92 Å². The van der Waals surface area contributed by atoms with Crippen LogP contribution in [0.4, 0.5) is 0 Å². The molecule has 0 aliphatic rings. The summed E-state index contributed by atoms with van der Waals surface area (Å²) in [5.74, 6) is 0.605. The van der Waals surface area contributed by atoms with Crippen LogP contribution in [0.25, 0.3) is 0 Å². The Morgan fingerprint density at radius 1 is 0.947 bits per heavy atom. The van der Waals surface area contributed by atoms with Crippen molar-refractivity contribution in [2.75, 3.05) is 7.11 Å². The van der Waals surface area contributed by atoms with Crippen molar-refractivity contribution in [3.63, 3.8) is 0 Å². The van der Waals surface area contributed by atoms with Crippen molar-refractivity contribution < 1.29 is 17.3 Å². The molecule has 2 rings (SSSR count). The van der Waals surface area contributed by atoms with Gasteiger partial charge in [0.15, 0.2) is 11.5 Å². The molecule has 0 atom stereocenters. The summed E-state index contributed by atoms with van der Waals surface area (Å²) in [6.07, 6.45) is 0. The normalized spacial score (nSPS) is 11.1. The molecule has 0 aliphatic heterocycles. The molecule has 0 N–H and O–H groups in total. The molecule has 0 heterocycles. The Bertz CT molecular complexity index is 663. The van der Waals surface area contributed by atoms with E-state index >= 15 is 0 Å². The molecule has 0 spiro atoms. The summed E-state index contributed by atoms with van der Waals surface area (Å²) in [7, 11) is -2.38. The van der Waals surface area contributed by atoms with Gasteiger partial charge in [0, 0.05) is 0 Å². The van der Waals surface area contributed by atoms with E-state index in [4.69, 9.17) is 8.92 Å². The lowest BCUT2D eigenvalue weighted by Gasteiger charge is -2.12. The third-order valence-corrected chi connectivity index (χ3v) is 3.86. The Labute approximate surface area is 112 Å². The first-order valence-corrected chi connectivity index (χ1v) is 7.08. The van der Waals surface area contributed by atoms with Crippen LogP contribution in [0.2, 0.25) is 0 Å². The van der Waals surface area contributed by atoms with E-state index in [1.54, 1.807) is 43.3 Å². The molecule has 0 radical (unpaired) electrons. The van der Waals surface area contributed by atoms with Crippen molar-refractivity contribution in [1.82, 2.24) is 0 Å². The summed E-state index contributed by atoms with van der Waals surface area (Å²) in [6, 6.07) is 13.2. The molecule has 0 fully saturated rings. The molecule has 100 valence electrons. The number of rotatable bonds is 4. The fourth-order valence-electron chi connectivity index (χ4n) is 1.64. The zero-order chi connectivity index (χ0) is 13.9. The molecule has 0 amide bonds. The quantitative estimate of drug-likeness (QED) is 0.807. The Hall–Kier alpha value is -2.01. The molecular formula is C14H14O4S. The maximum atomic E-state index is 12.1. The van der Waals surface area contributed by atoms with E-state index in [1.807, 2.05) is 0 Å². The first-order valence-electron chi connectivity index (χ1n) is 5.68. The van der Waals surface area contributed by atoms with Gasteiger partial charge in [0.05, 0.1) is 7.11 Å². The maximum Gasteiger partial charge on any atom is 0.339 e. The second kappa shape index (κ2) is 5.32. The SMILES string of the molecule is COc1cccc(C)c1OS(=O)(=O)c1ccccc1. The lowest BCUT2D eigenvalue weighted by molar-refractivity contribution is 0.389. The number of methoxy groups -OCH3 is 1. The van der Waals surface area contributed by atoms with Crippen LogP contribution < -0.4 is 8.92 Å². The van der Waals surface area contributed by atoms with Crippen LogP contribution in [0.15, 0.2) is 53.4 Å². The van der Waals surface area contributed by atoms with Crippen LogP contribution >= 0.6 is 0 Å². The standard InChI is InChI=1S/C14H14O4S/c1-11-7-6-10-13(17-2)14(11)18-19(15,16)12-8-4-3-5-9-12/h3-10H,1-2H3. The summed E-state index contributed by atoms with van der Waals surface area (Å²) in [5, 5.41) is 0. The van der Waals surface area contributed by atoms with Crippen LogP contribution in [0, 0.1) is 6.92 Å². The Kier molecular flexibility index (Phi) is 3.76. The van der Waals surface area contributed by atoms with Crippen LogP contribution in [-0.4, -0.2) is 15.5 Å². The first kappa shape index (κ1) is 13.4. The minimum atomic E-state index is -3.85. The van der Waals surface area contributed by atoms with Crippen molar-refractivity contribution >= 4 is 10.1 Å². The van der Waals surface area contributed by atoms with Crippen molar-refractivity contribution in [3.8, 4) is 11.5 Å². The Morgan fingerprint density at radius 2 is 1.63 bits per heavy atom. The first-order chi connectivity index (χ1) is 9.04. The molecule has 0 bridgehead atoms. The number of para-hydroxylation sites is 1. The molecule has 0 unspecified atom stereocenters. The van der Waals surface area contributed by atoms with Gasteiger partial charge in [0.1, 0.15) is 4.90 Å². The number of benzene rings is 2. The van der Waals surface area contributed by atoms with Gasteiger partial charge in [0.25, 0.3) is 0 Å². The summed E-state index contributed by atoms with van der Waals surface area (Å²) in [5.41, 5.74) is 0.693. The molecule has 19 heavy (non-hydrogen) atoms. The zero-order valence-electron chi connectivity index (χ0n) is 10.7. The molecule has 2 aromatic rings. The highest BCUT2D eigenvalue weighted by Gasteiger charge is 2.19. The lowest BCUT2D eigenvalue weighted by atomic mass is 10.2. The van der Waals surface area contributed by atoms with Gasteiger partial charge in [-0.2, -0.15) is 8.42 Å². The monoisotopic (exact) mass is 278 g/mol. The highest BCUT2D eigenvalue weighted by molar-refractivity contribution is 7.87. The van der Waals surface area contributed by atoms with E-state index in [9.17, 15) is 8.42 Å². The Morgan fingerprint density at radius 3 is 2.26 bits per heavy atom. The third-order valence-electron chi connectivity index (χ3n) is 2.62. The van der Waals surface area contributed by atoms with Gasteiger partial charge in [-0.05, 0) is 30.7 Å². The summed E-state index contributed by atoms with van der Waals surface area (Å²) < 4.78 is 34.6. The molecule has 0 saturated heterocycles. The highest BCUT2D eigenvalue weighted by Crippen LogP contribution is 2.32. The molecule has 2 aromatic carbocycles. The van der Waals surface area contributed by atoms with Gasteiger partial charge in [-0.3, -0.25) is 0 Å². The summed E-state index contributed by atoms with van der Waals surface area (Å²) >= 11 is 0. The van der Waals surface area contributed by atoms with Gasteiger partial charge >= 0.3 is 10.1 Å². The van der Waals surface area contributed by atoms with Crippen molar-refractivity contribution in [1.29, 1.82) is 0 Å². The Balaban J connectivity index is 2.42. The third kappa shape index (κ3) is 2.88. The van der Waals surface area contributed by atoms with E-state index in [-0.39, 0.29) is 10.6 Å². The molecular weight excluding hydrogens is 264 g/mol. The second-order valence-corrected chi connectivity index (χ2v) is 5.50. The highest BCUT2D eigenvalue weighted by atomic mass is 32.2. The minimum absolute atomic E-state index is 0.111. The van der Waals surface area contributed by atoms with Crippen molar-refractivity contribution in [2.24, 2.45) is 0 Å². The number of ether oxygens (including phenoxy) is 1. The minimum Gasteiger partial charge on any atom is -0.493 e. The lowest BCUT2D eigenvalue weighted by Crippen LogP contribution is -2.11. The average molecular weight is 278 g/mol. The van der Waals surface area contributed by atoms with E-state index in [0.29, 0.717) is 11.3 Å². The predicted molar refractivity (Wildman–Crippen MR) is 72.0 cm³/mol. The van der Waals surface area contributed by atoms with Gasteiger partial charge in [-0.15, -0.1) is 0 Å². The molecule has 0 aliphatic carbocycles. The van der Waals surface area contributed by atoms with Crippen molar-refractivity contribution in [3.05, 3.63) is 54.1 Å². The van der Waals surface area contributed by atoms with E-state index < -0.39 is 10.1 Å². The maximum absolute atomic E-state index is 12.1. The van der Waals surface area contributed by atoms with Crippen LogP contribution in [0.3, 0.4) is 0 Å². The zero-order valence-corrected chi connectivity index (χ0v) is 11.5. The van der Waals surface area contributed by atoms with Crippen molar-refractivity contribution in [2.45, 2.75) is 11.8 Å². The predicted octanol–water partition coefficient (Wildman–Crippen LogP) is 2.77. The van der Waals surface area contributed by atoms with Crippen LogP contribution in [0.5, 0.6) is 11.5 Å². The van der Waals surface area contributed by atoms with Crippen LogP contribution in [0.1, 0.15) is 5.56 Å². The largest absolute Gasteiger partial charge is 0.493 e. The van der Waals surface area contributed by atoms with Gasteiger partial charge in [-0.1, -0.05) is 30.3 Å². The second-order valence-electron chi connectivity index (χ2n) is 3.96. The van der Waals surface area contributed by atoms with Gasteiger partial charge in [0.2, 0.25) is 0 Å². The topological polar surface area (TPSA) is 52.6 Å². The van der Waals surface area contributed by atoms with E-state index in [1.165, 1.54) is 19.2 Å². The fraction of sp³-hybridized carbons (Fsp3) is 0.143. The summed E-state index contributed by atoms with van der Waals surface area (Å²) in [6.45, 7) is 1.76. The van der Waals surface area contributed by atoms with E-state index in [2.05, 4.69) is 0 Å². The molecule has 0 saturated carbocycles. The fourth-order valence-corrected chi connectivity index (χ4v) is 2.66. The smallest absolute Gasteiger partial charge is 0.339 e. The average Bonchev–Trinajstić information content (AvgIpc) is 2.42. The summed E-state index contributed by atoms with van der Waals surface area (Å²) in [4.78, 5) is 0.111. The molecule has 4 nitrogen and oxygen atoms in total. The van der Waals surface area contributed by atoms with E-state index in [0.717, 1.165) is 0 Å². The van der Waals surface area contributed by atoms with Gasteiger partial charge in [-0.25, -0.2) is 0 Å². The van der Waals surface area contributed by atoms with Crippen LogP contribution in [-0.2, 0) is 10.1 Å². The number of hydrogen-bond acceptors (Lipinski definition) is 4. The number of hydrogen-bond donors (Lipinski definition) is 0.